The van der Waals surface area contributed by atoms with Crippen molar-refractivity contribution in [1.82, 2.24) is 25.4 Å². The summed E-state index contributed by atoms with van der Waals surface area (Å²) < 4.78 is 0. The molecule has 1 aromatic heterocycles. The van der Waals surface area contributed by atoms with Gasteiger partial charge in [0.2, 0.25) is 5.91 Å². The van der Waals surface area contributed by atoms with Crippen LogP contribution in [0.1, 0.15) is 24.2 Å². The van der Waals surface area contributed by atoms with Crippen LogP contribution in [0.2, 0.25) is 5.02 Å². The lowest BCUT2D eigenvalue weighted by Gasteiger charge is -2.32. The summed E-state index contributed by atoms with van der Waals surface area (Å²) in [4.78, 5) is 45.5. The minimum Gasteiger partial charge on any atom is -0.349 e. The molecule has 2 aliphatic rings. The Morgan fingerprint density at radius 1 is 1.23 bits per heavy atom. The van der Waals surface area contributed by atoms with Crippen LogP contribution in [0.25, 0.3) is 0 Å². The molecule has 31 heavy (non-hydrogen) atoms. The third-order valence-electron chi connectivity index (χ3n) is 5.34. The van der Waals surface area contributed by atoms with E-state index < -0.39 is 6.04 Å². The second-order valence-corrected chi connectivity index (χ2v) is 7.73. The van der Waals surface area contributed by atoms with Crippen molar-refractivity contribution >= 4 is 29.4 Å². The zero-order valence-electron chi connectivity index (χ0n) is 17.0. The molecular weight excluding hydrogens is 418 g/mol. The number of benzene rings is 1. The first-order chi connectivity index (χ1) is 15.0. The molecule has 0 saturated carbocycles. The van der Waals surface area contributed by atoms with E-state index in [9.17, 15) is 14.4 Å². The van der Waals surface area contributed by atoms with Gasteiger partial charge in [-0.05, 0) is 36.8 Å². The molecule has 0 radical (unpaired) electrons. The Kier molecular flexibility index (Phi) is 5.90. The summed E-state index contributed by atoms with van der Waals surface area (Å²) >= 11 is 5.99. The quantitative estimate of drug-likeness (QED) is 0.721. The van der Waals surface area contributed by atoms with Crippen molar-refractivity contribution in [2.45, 2.75) is 19.5 Å². The number of halogens is 1. The molecule has 8 nitrogen and oxygen atoms in total. The number of urea groups is 1. The molecule has 0 fully saturated rings. The van der Waals surface area contributed by atoms with Crippen LogP contribution in [0.4, 0.5) is 4.79 Å². The SMILES string of the molecule is CCN1C(=O)N[C@H](c2ccc(Cl)cc2)C2=C1CN(CC(=O)NCc1ccccn1)C2=O. The number of carbonyl (C=O) groups is 3. The molecule has 2 aromatic rings. The highest BCUT2D eigenvalue weighted by Crippen LogP contribution is 2.36. The third-order valence-corrected chi connectivity index (χ3v) is 5.60. The normalized spacial score (nSPS) is 18.2. The summed E-state index contributed by atoms with van der Waals surface area (Å²) in [6, 6.07) is 11.6. The molecule has 1 aromatic carbocycles. The molecule has 2 N–H and O–H groups in total. The number of hydrogen-bond acceptors (Lipinski definition) is 4. The Morgan fingerprint density at radius 3 is 2.68 bits per heavy atom. The van der Waals surface area contributed by atoms with Gasteiger partial charge in [-0.1, -0.05) is 29.8 Å². The van der Waals surface area contributed by atoms with Crippen molar-refractivity contribution in [2.75, 3.05) is 19.6 Å². The molecule has 4 amide bonds. The third kappa shape index (κ3) is 4.25. The zero-order chi connectivity index (χ0) is 22.0. The molecule has 0 bridgehead atoms. The average molecular weight is 440 g/mol. The number of nitrogens with zero attached hydrogens (tertiary/aromatic N) is 3. The van der Waals surface area contributed by atoms with Gasteiger partial charge >= 0.3 is 6.03 Å². The van der Waals surface area contributed by atoms with E-state index in [1.807, 2.05) is 19.1 Å². The van der Waals surface area contributed by atoms with E-state index in [1.54, 1.807) is 41.4 Å². The largest absolute Gasteiger partial charge is 0.349 e. The van der Waals surface area contributed by atoms with Crippen LogP contribution in [0.5, 0.6) is 0 Å². The highest BCUT2D eigenvalue weighted by atomic mass is 35.5. The van der Waals surface area contributed by atoms with Crippen LogP contribution in [-0.2, 0) is 16.1 Å². The van der Waals surface area contributed by atoms with Gasteiger partial charge in [0.15, 0.2) is 0 Å². The van der Waals surface area contributed by atoms with E-state index in [-0.39, 0.29) is 37.5 Å². The van der Waals surface area contributed by atoms with Crippen molar-refractivity contribution in [3.8, 4) is 0 Å². The van der Waals surface area contributed by atoms with E-state index in [0.29, 0.717) is 22.8 Å². The maximum absolute atomic E-state index is 13.2. The molecule has 0 unspecified atom stereocenters. The van der Waals surface area contributed by atoms with Gasteiger partial charge in [0.25, 0.3) is 5.91 Å². The summed E-state index contributed by atoms with van der Waals surface area (Å²) in [6.07, 6.45) is 1.66. The smallest absolute Gasteiger partial charge is 0.322 e. The van der Waals surface area contributed by atoms with Crippen LogP contribution in [0, 0.1) is 0 Å². The summed E-state index contributed by atoms with van der Waals surface area (Å²) in [5, 5.41) is 6.26. The van der Waals surface area contributed by atoms with Crippen molar-refractivity contribution < 1.29 is 14.4 Å². The number of hydrogen-bond donors (Lipinski definition) is 2. The predicted molar refractivity (Wildman–Crippen MR) is 115 cm³/mol. The number of likely N-dealkylation sites (N-methyl/N-ethyl adjacent to an activating group) is 1. The first-order valence-electron chi connectivity index (χ1n) is 10.0. The molecule has 4 rings (SSSR count). The van der Waals surface area contributed by atoms with Gasteiger partial charge in [0.1, 0.15) is 6.54 Å². The number of nitrogens with one attached hydrogen (secondary N) is 2. The molecular formula is C22H22ClN5O3. The van der Waals surface area contributed by atoms with Gasteiger partial charge in [-0.15, -0.1) is 0 Å². The highest BCUT2D eigenvalue weighted by Gasteiger charge is 2.43. The molecule has 3 heterocycles. The lowest BCUT2D eigenvalue weighted by atomic mass is 9.95. The van der Waals surface area contributed by atoms with Gasteiger partial charge in [-0.3, -0.25) is 19.5 Å². The van der Waals surface area contributed by atoms with E-state index in [2.05, 4.69) is 15.6 Å². The van der Waals surface area contributed by atoms with Crippen molar-refractivity contribution in [3.63, 3.8) is 0 Å². The minimum absolute atomic E-state index is 0.0995. The van der Waals surface area contributed by atoms with Crippen molar-refractivity contribution in [2.24, 2.45) is 0 Å². The number of aromatic nitrogens is 1. The van der Waals surface area contributed by atoms with Crippen LogP contribution in [0.3, 0.4) is 0 Å². The second-order valence-electron chi connectivity index (χ2n) is 7.30. The maximum Gasteiger partial charge on any atom is 0.322 e. The lowest BCUT2D eigenvalue weighted by Crippen LogP contribution is -2.47. The fourth-order valence-electron chi connectivity index (χ4n) is 3.84. The van der Waals surface area contributed by atoms with Crippen LogP contribution < -0.4 is 10.6 Å². The predicted octanol–water partition coefficient (Wildman–Crippen LogP) is 2.23. The minimum atomic E-state index is -0.586. The fraction of sp³-hybridized carbons (Fsp3) is 0.273. The van der Waals surface area contributed by atoms with Crippen molar-refractivity contribution in [3.05, 3.63) is 76.2 Å². The Balaban J connectivity index is 1.51. The number of pyridine rings is 1. The second kappa shape index (κ2) is 8.77. The van der Waals surface area contributed by atoms with Gasteiger partial charge < -0.3 is 15.5 Å². The average Bonchev–Trinajstić information content (AvgIpc) is 3.09. The Morgan fingerprint density at radius 2 is 2.00 bits per heavy atom. The highest BCUT2D eigenvalue weighted by molar-refractivity contribution is 6.30. The molecule has 0 spiro atoms. The molecule has 0 aliphatic carbocycles. The Labute approximate surface area is 184 Å². The van der Waals surface area contributed by atoms with Crippen LogP contribution in [0.15, 0.2) is 59.9 Å². The first-order valence-corrected chi connectivity index (χ1v) is 10.4. The molecule has 1 atom stereocenters. The first kappa shape index (κ1) is 20.9. The van der Waals surface area contributed by atoms with Gasteiger partial charge in [-0.2, -0.15) is 0 Å². The lowest BCUT2D eigenvalue weighted by molar-refractivity contribution is -0.132. The summed E-state index contributed by atoms with van der Waals surface area (Å²) in [7, 11) is 0. The van der Waals surface area contributed by atoms with E-state index in [0.717, 1.165) is 11.3 Å². The standard InChI is InChI=1S/C22H22ClN5O3/c1-2-28-17-12-27(13-18(29)25-11-16-5-3-4-10-24-16)21(30)19(17)20(26-22(28)31)14-6-8-15(23)9-7-14/h3-10,20H,2,11-13H2,1H3,(H,25,29)(H,26,31)/t20-/m1/s1. The summed E-state index contributed by atoms with van der Waals surface area (Å²) in [6.45, 7) is 2.65. The monoisotopic (exact) mass is 439 g/mol. The Hall–Kier alpha value is -3.39. The van der Waals surface area contributed by atoms with E-state index >= 15 is 0 Å². The van der Waals surface area contributed by atoms with Crippen LogP contribution in [-0.4, -0.2) is 52.3 Å². The number of rotatable bonds is 6. The fourth-order valence-corrected chi connectivity index (χ4v) is 3.96. The summed E-state index contributed by atoms with van der Waals surface area (Å²) in [5.41, 5.74) is 2.61. The molecule has 0 saturated heterocycles. The Bertz CT molecular complexity index is 1040. The van der Waals surface area contributed by atoms with Gasteiger partial charge in [-0.25, -0.2) is 4.79 Å². The topological polar surface area (TPSA) is 94.6 Å². The van der Waals surface area contributed by atoms with Crippen molar-refractivity contribution in [1.29, 1.82) is 0 Å². The molecule has 160 valence electrons. The van der Waals surface area contributed by atoms with Gasteiger partial charge in [0, 0.05) is 17.8 Å². The molecule has 9 heteroatoms. The van der Waals surface area contributed by atoms with Crippen LogP contribution >= 0.6 is 11.6 Å². The zero-order valence-corrected chi connectivity index (χ0v) is 17.7. The van der Waals surface area contributed by atoms with Gasteiger partial charge in [0.05, 0.1) is 36.1 Å². The van der Waals surface area contributed by atoms with E-state index in [1.165, 1.54) is 4.90 Å². The number of amides is 4. The molecule has 2 aliphatic heterocycles. The maximum atomic E-state index is 13.2. The van der Waals surface area contributed by atoms with E-state index in [4.69, 9.17) is 11.6 Å². The number of carbonyl (C=O) groups excluding carboxylic acids is 3. The summed E-state index contributed by atoms with van der Waals surface area (Å²) in [5.74, 6) is -0.550.